The van der Waals surface area contributed by atoms with Crippen molar-refractivity contribution in [1.29, 1.82) is 0 Å². The Balaban J connectivity index is 2.14. The molecule has 5 nitrogen and oxygen atoms in total. The molecule has 0 bridgehead atoms. The van der Waals surface area contributed by atoms with E-state index in [1.807, 2.05) is 0 Å². The van der Waals surface area contributed by atoms with Crippen molar-refractivity contribution in [1.82, 2.24) is 4.31 Å². The molecule has 0 amide bonds. The molecule has 2 rings (SSSR count). The van der Waals surface area contributed by atoms with E-state index in [9.17, 15) is 13.5 Å². The first-order valence-corrected chi connectivity index (χ1v) is 6.98. The van der Waals surface area contributed by atoms with Crippen LogP contribution in [0.1, 0.15) is 32.1 Å². The fraction of sp³-hybridized carbons (Fsp3) is 1.00. The number of aliphatic hydroxyl groups is 1. The summed E-state index contributed by atoms with van der Waals surface area (Å²) in [7, 11) is -3.59. The summed E-state index contributed by atoms with van der Waals surface area (Å²) in [4.78, 5) is 0. The molecule has 2 fully saturated rings. The van der Waals surface area contributed by atoms with Crippen molar-refractivity contribution in [3.63, 3.8) is 0 Å². The second kappa shape index (κ2) is 4.01. The van der Waals surface area contributed by atoms with Gasteiger partial charge in [-0.25, -0.2) is 5.14 Å². The van der Waals surface area contributed by atoms with Crippen LogP contribution in [-0.2, 0) is 10.2 Å². The Morgan fingerprint density at radius 2 is 1.93 bits per heavy atom. The maximum Gasteiger partial charge on any atom is 0.277 e. The average molecular weight is 234 g/mol. The minimum Gasteiger partial charge on any atom is -0.393 e. The van der Waals surface area contributed by atoms with Gasteiger partial charge in [0.2, 0.25) is 0 Å². The summed E-state index contributed by atoms with van der Waals surface area (Å²) < 4.78 is 24.0. The first-order valence-electron chi connectivity index (χ1n) is 5.48. The van der Waals surface area contributed by atoms with Crippen LogP contribution >= 0.6 is 0 Å². The molecule has 15 heavy (non-hydrogen) atoms. The molecule has 1 aliphatic heterocycles. The fourth-order valence-corrected chi connectivity index (χ4v) is 3.95. The number of nitrogens with two attached hydrogens (primary N) is 1. The van der Waals surface area contributed by atoms with Crippen LogP contribution in [0.5, 0.6) is 0 Å². The zero-order valence-electron chi connectivity index (χ0n) is 8.67. The molecule has 3 atom stereocenters. The lowest BCUT2D eigenvalue weighted by Crippen LogP contribution is -2.45. The maximum absolute atomic E-state index is 11.3. The topological polar surface area (TPSA) is 83.6 Å². The SMILES string of the molecule is NS(=O)(=O)N1CCCC1C1CCCC1O. The van der Waals surface area contributed by atoms with Crippen LogP contribution < -0.4 is 5.14 Å². The summed E-state index contributed by atoms with van der Waals surface area (Å²) >= 11 is 0. The van der Waals surface area contributed by atoms with Gasteiger partial charge < -0.3 is 5.11 Å². The second-order valence-electron chi connectivity index (χ2n) is 4.53. The van der Waals surface area contributed by atoms with Gasteiger partial charge in [-0.2, -0.15) is 12.7 Å². The summed E-state index contributed by atoms with van der Waals surface area (Å²) in [5, 5.41) is 14.9. The first-order chi connectivity index (χ1) is 7.00. The van der Waals surface area contributed by atoms with Gasteiger partial charge in [0.25, 0.3) is 10.2 Å². The third-order valence-corrected chi connectivity index (χ3v) is 4.71. The first kappa shape index (κ1) is 11.3. The van der Waals surface area contributed by atoms with Crippen LogP contribution in [0.4, 0.5) is 0 Å². The minimum atomic E-state index is -3.59. The Kier molecular flexibility index (Phi) is 3.03. The summed E-state index contributed by atoms with van der Waals surface area (Å²) in [6, 6.07) is -0.0718. The van der Waals surface area contributed by atoms with Crippen molar-refractivity contribution in [3.05, 3.63) is 0 Å². The highest BCUT2D eigenvalue weighted by molar-refractivity contribution is 7.86. The van der Waals surface area contributed by atoms with Crippen molar-refractivity contribution >= 4 is 10.2 Å². The average Bonchev–Trinajstić information content (AvgIpc) is 2.69. The molecule has 2 aliphatic rings. The normalized spacial score (nSPS) is 38.7. The molecule has 88 valence electrons. The maximum atomic E-state index is 11.3. The lowest BCUT2D eigenvalue weighted by Gasteiger charge is -2.28. The number of hydrogen-bond donors (Lipinski definition) is 2. The number of rotatable bonds is 2. The lowest BCUT2D eigenvalue weighted by atomic mass is 9.95. The zero-order chi connectivity index (χ0) is 11.1. The molecule has 0 aromatic rings. The van der Waals surface area contributed by atoms with Gasteiger partial charge in [0.05, 0.1) is 6.10 Å². The minimum absolute atomic E-state index is 0.0718. The molecule has 6 heteroatoms. The van der Waals surface area contributed by atoms with Crippen molar-refractivity contribution in [2.75, 3.05) is 6.54 Å². The lowest BCUT2D eigenvalue weighted by molar-refractivity contribution is 0.0975. The van der Waals surface area contributed by atoms with Crippen LogP contribution in [-0.4, -0.2) is 36.5 Å². The molecule has 0 aromatic heterocycles. The summed E-state index contributed by atoms with van der Waals surface area (Å²) in [5.74, 6) is 0.0887. The highest BCUT2D eigenvalue weighted by Crippen LogP contribution is 2.36. The number of nitrogens with zero attached hydrogens (tertiary/aromatic N) is 1. The van der Waals surface area contributed by atoms with Gasteiger partial charge in [-0.3, -0.25) is 0 Å². The summed E-state index contributed by atoms with van der Waals surface area (Å²) in [6.07, 6.45) is 4.03. The van der Waals surface area contributed by atoms with Gasteiger partial charge >= 0.3 is 0 Å². The predicted molar refractivity (Wildman–Crippen MR) is 56.2 cm³/mol. The van der Waals surface area contributed by atoms with Gasteiger partial charge in [0.1, 0.15) is 0 Å². The van der Waals surface area contributed by atoms with Crippen LogP contribution in [0.3, 0.4) is 0 Å². The van der Waals surface area contributed by atoms with E-state index in [4.69, 9.17) is 5.14 Å². The van der Waals surface area contributed by atoms with E-state index in [1.165, 1.54) is 4.31 Å². The van der Waals surface area contributed by atoms with Gasteiger partial charge in [0.15, 0.2) is 0 Å². The Bertz CT molecular complexity index is 330. The fourth-order valence-electron chi connectivity index (χ4n) is 2.93. The summed E-state index contributed by atoms with van der Waals surface area (Å²) in [5.41, 5.74) is 0. The third-order valence-electron chi connectivity index (χ3n) is 3.60. The van der Waals surface area contributed by atoms with E-state index >= 15 is 0 Å². The van der Waals surface area contributed by atoms with E-state index in [0.717, 1.165) is 32.1 Å². The van der Waals surface area contributed by atoms with Gasteiger partial charge in [0, 0.05) is 18.5 Å². The number of aliphatic hydroxyl groups excluding tert-OH is 1. The molecule has 3 unspecified atom stereocenters. The third kappa shape index (κ3) is 2.18. The Morgan fingerprint density at radius 3 is 2.47 bits per heavy atom. The summed E-state index contributed by atoms with van der Waals surface area (Å²) in [6.45, 7) is 0.507. The van der Waals surface area contributed by atoms with Crippen molar-refractivity contribution in [2.45, 2.75) is 44.2 Å². The molecule has 0 radical (unpaired) electrons. The van der Waals surface area contributed by atoms with Gasteiger partial charge in [-0.1, -0.05) is 6.42 Å². The highest BCUT2D eigenvalue weighted by Gasteiger charge is 2.41. The van der Waals surface area contributed by atoms with Crippen LogP contribution in [0.2, 0.25) is 0 Å². The van der Waals surface area contributed by atoms with Gasteiger partial charge in [-0.05, 0) is 25.7 Å². The Labute approximate surface area is 90.4 Å². The molecular weight excluding hydrogens is 216 g/mol. The molecule has 1 saturated carbocycles. The van der Waals surface area contributed by atoms with E-state index in [1.54, 1.807) is 0 Å². The van der Waals surface area contributed by atoms with Crippen LogP contribution in [0.25, 0.3) is 0 Å². The molecule has 3 N–H and O–H groups in total. The Hall–Kier alpha value is -0.170. The van der Waals surface area contributed by atoms with Crippen molar-refractivity contribution in [3.8, 4) is 0 Å². The van der Waals surface area contributed by atoms with E-state index < -0.39 is 10.2 Å². The van der Waals surface area contributed by atoms with E-state index in [2.05, 4.69) is 0 Å². The second-order valence-corrected chi connectivity index (χ2v) is 6.03. The van der Waals surface area contributed by atoms with Crippen LogP contribution in [0, 0.1) is 5.92 Å². The molecule has 1 aliphatic carbocycles. The van der Waals surface area contributed by atoms with E-state index in [0.29, 0.717) is 6.54 Å². The molecule has 0 aromatic carbocycles. The number of hydrogen-bond acceptors (Lipinski definition) is 3. The van der Waals surface area contributed by atoms with E-state index in [-0.39, 0.29) is 18.1 Å². The largest absolute Gasteiger partial charge is 0.393 e. The highest BCUT2D eigenvalue weighted by atomic mass is 32.2. The standard InChI is InChI=1S/C9H18N2O3S/c10-15(13,14)11-6-2-4-8(11)7-3-1-5-9(7)12/h7-9,12H,1-6H2,(H2,10,13,14). The van der Waals surface area contributed by atoms with Crippen LogP contribution in [0.15, 0.2) is 0 Å². The molecular formula is C9H18N2O3S. The molecule has 1 heterocycles. The smallest absolute Gasteiger partial charge is 0.277 e. The Morgan fingerprint density at radius 1 is 1.20 bits per heavy atom. The zero-order valence-corrected chi connectivity index (χ0v) is 9.49. The monoisotopic (exact) mass is 234 g/mol. The van der Waals surface area contributed by atoms with Gasteiger partial charge in [-0.15, -0.1) is 0 Å². The predicted octanol–water partition coefficient (Wildman–Crippen LogP) is -0.185. The van der Waals surface area contributed by atoms with Crippen molar-refractivity contribution < 1.29 is 13.5 Å². The molecule has 1 saturated heterocycles. The molecule has 0 spiro atoms. The quantitative estimate of drug-likeness (QED) is 0.695. The van der Waals surface area contributed by atoms with Crippen molar-refractivity contribution in [2.24, 2.45) is 11.1 Å².